The van der Waals surface area contributed by atoms with Crippen molar-refractivity contribution in [3.8, 4) is 0 Å². The summed E-state index contributed by atoms with van der Waals surface area (Å²) in [4.78, 5) is 25.4. The highest BCUT2D eigenvalue weighted by molar-refractivity contribution is 5.76. The highest BCUT2D eigenvalue weighted by atomic mass is 19.1. The van der Waals surface area contributed by atoms with Crippen LogP contribution in [0.1, 0.15) is 38.2 Å². The number of methoxy groups -OCH3 is 1. The summed E-state index contributed by atoms with van der Waals surface area (Å²) in [6.07, 6.45) is 2.30. The summed E-state index contributed by atoms with van der Waals surface area (Å²) in [7, 11) is 1.59. The molecule has 1 aliphatic rings. The summed E-state index contributed by atoms with van der Waals surface area (Å²) >= 11 is 0. The van der Waals surface area contributed by atoms with Crippen LogP contribution in [0.2, 0.25) is 0 Å². The van der Waals surface area contributed by atoms with E-state index in [0.717, 1.165) is 25.0 Å². The van der Waals surface area contributed by atoms with Gasteiger partial charge in [0.05, 0.1) is 5.60 Å². The predicted molar refractivity (Wildman–Crippen MR) is 88.7 cm³/mol. The van der Waals surface area contributed by atoms with Crippen molar-refractivity contribution in [3.05, 3.63) is 35.4 Å². The fourth-order valence-electron chi connectivity index (χ4n) is 3.13. The van der Waals surface area contributed by atoms with Crippen LogP contribution in [0.3, 0.4) is 0 Å². The molecule has 25 heavy (non-hydrogen) atoms. The van der Waals surface area contributed by atoms with Crippen LogP contribution in [-0.4, -0.2) is 42.5 Å². The number of hydrogen-bond donors (Lipinski definition) is 1. The summed E-state index contributed by atoms with van der Waals surface area (Å²) in [6, 6.07) is 3.26. The van der Waals surface area contributed by atoms with E-state index in [-0.39, 0.29) is 30.3 Å². The second-order valence-electron chi connectivity index (χ2n) is 6.44. The van der Waals surface area contributed by atoms with Gasteiger partial charge in [0.15, 0.2) is 0 Å². The highest BCUT2D eigenvalue weighted by Crippen LogP contribution is 2.29. The third-order valence-electron chi connectivity index (χ3n) is 4.72. The fourth-order valence-corrected chi connectivity index (χ4v) is 3.13. The normalized spacial score (nSPS) is 20.4. The SMILES string of the molecule is CO[C@]1(CCC(=O)NCc2ccc(F)cc2F)CCCN(C(C)=O)C1. The third-order valence-corrected chi connectivity index (χ3v) is 4.72. The van der Waals surface area contributed by atoms with Gasteiger partial charge in [-0.05, 0) is 25.3 Å². The van der Waals surface area contributed by atoms with Gasteiger partial charge < -0.3 is 15.0 Å². The van der Waals surface area contributed by atoms with Crippen molar-refractivity contribution in [2.24, 2.45) is 0 Å². The molecule has 2 amide bonds. The minimum Gasteiger partial charge on any atom is -0.376 e. The van der Waals surface area contributed by atoms with Crippen molar-refractivity contribution in [1.29, 1.82) is 0 Å². The molecule has 138 valence electrons. The van der Waals surface area contributed by atoms with E-state index >= 15 is 0 Å². The molecule has 0 unspecified atom stereocenters. The number of nitrogens with one attached hydrogen (secondary N) is 1. The number of carbonyl (C=O) groups excluding carboxylic acids is 2. The molecule has 0 aromatic heterocycles. The summed E-state index contributed by atoms with van der Waals surface area (Å²) < 4.78 is 32.1. The maximum absolute atomic E-state index is 13.6. The zero-order valence-corrected chi connectivity index (χ0v) is 14.6. The van der Waals surface area contributed by atoms with Gasteiger partial charge in [-0.15, -0.1) is 0 Å². The van der Waals surface area contributed by atoms with Crippen LogP contribution in [0.25, 0.3) is 0 Å². The molecule has 0 spiro atoms. The van der Waals surface area contributed by atoms with E-state index in [4.69, 9.17) is 4.74 Å². The largest absolute Gasteiger partial charge is 0.376 e. The number of amides is 2. The van der Waals surface area contributed by atoms with E-state index in [2.05, 4.69) is 5.32 Å². The van der Waals surface area contributed by atoms with Crippen molar-refractivity contribution >= 4 is 11.8 Å². The maximum atomic E-state index is 13.6. The number of rotatable bonds is 6. The first kappa shape index (κ1) is 19.3. The fraction of sp³-hybridized carbons (Fsp3) is 0.556. The molecule has 1 aromatic carbocycles. The van der Waals surface area contributed by atoms with E-state index in [9.17, 15) is 18.4 Å². The molecule has 5 nitrogen and oxygen atoms in total. The Labute approximate surface area is 146 Å². The van der Waals surface area contributed by atoms with E-state index in [0.29, 0.717) is 19.5 Å². The van der Waals surface area contributed by atoms with Crippen LogP contribution in [0.5, 0.6) is 0 Å². The zero-order chi connectivity index (χ0) is 18.4. The van der Waals surface area contributed by atoms with Crippen molar-refractivity contribution in [3.63, 3.8) is 0 Å². The average Bonchev–Trinajstić information content (AvgIpc) is 2.59. The Hall–Kier alpha value is -2.02. The van der Waals surface area contributed by atoms with Crippen LogP contribution in [0.15, 0.2) is 18.2 Å². The van der Waals surface area contributed by atoms with Crippen LogP contribution >= 0.6 is 0 Å². The van der Waals surface area contributed by atoms with Crippen molar-refractivity contribution < 1.29 is 23.1 Å². The van der Waals surface area contributed by atoms with Gasteiger partial charge in [0, 0.05) is 51.7 Å². The lowest BCUT2D eigenvalue weighted by molar-refractivity contribution is -0.139. The minimum atomic E-state index is -0.682. The Morgan fingerprint density at radius 1 is 1.36 bits per heavy atom. The van der Waals surface area contributed by atoms with Crippen LogP contribution in [0.4, 0.5) is 8.78 Å². The van der Waals surface area contributed by atoms with Gasteiger partial charge in [0.2, 0.25) is 11.8 Å². The molecule has 1 aromatic rings. The molecule has 0 bridgehead atoms. The van der Waals surface area contributed by atoms with Crippen LogP contribution in [0, 0.1) is 11.6 Å². The van der Waals surface area contributed by atoms with Crippen molar-refractivity contribution in [1.82, 2.24) is 10.2 Å². The van der Waals surface area contributed by atoms with Gasteiger partial charge in [0.25, 0.3) is 0 Å². The van der Waals surface area contributed by atoms with Crippen molar-refractivity contribution in [2.45, 2.75) is 44.8 Å². The van der Waals surface area contributed by atoms with E-state index < -0.39 is 17.2 Å². The molecular formula is C18H24F2N2O3. The monoisotopic (exact) mass is 354 g/mol. The number of piperidine rings is 1. The molecule has 1 N–H and O–H groups in total. The van der Waals surface area contributed by atoms with E-state index in [1.165, 1.54) is 13.0 Å². The number of halogens is 2. The molecule has 1 aliphatic heterocycles. The van der Waals surface area contributed by atoms with Crippen LogP contribution < -0.4 is 5.32 Å². The van der Waals surface area contributed by atoms with Gasteiger partial charge in [0.1, 0.15) is 11.6 Å². The number of likely N-dealkylation sites (tertiary alicyclic amines) is 1. The summed E-state index contributed by atoms with van der Waals surface area (Å²) in [5.74, 6) is -1.57. The second-order valence-corrected chi connectivity index (χ2v) is 6.44. The lowest BCUT2D eigenvalue weighted by Gasteiger charge is -2.41. The summed E-state index contributed by atoms with van der Waals surface area (Å²) in [5.41, 5.74) is -0.292. The topological polar surface area (TPSA) is 58.6 Å². The number of nitrogens with zero attached hydrogens (tertiary/aromatic N) is 1. The van der Waals surface area contributed by atoms with Crippen LogP contribution in [-0.2, 0) is 20.9 Å². The zero-order valence-electron chi connectivity index (χ0n) is 14.6. The Morgan fingerprint density at radius 3 is 2.76 bits per heavy atom. The van der Waals surface area contributed by atoms with E-state index in [1.54, 1.807) is 12.0 Å². The second kappa shape index (κ2) is 8.38. The Bertz CT molecular complexity index is 639. The molecule has 7 heteroatoms. The van der Waals surface area contributed by atoms with Gasteiger partial charge in [-0.2, -0.15) is 0 Å². The van der Waals surface area contributed by atoms with Crippen molar-refractivity contribution in [2.75, 3.05) is 20.2 Å². The third kappa shape index (κ3) is 5.22. The Kier molecular flexibility index (Phi) is 6.47. The quantitative estimate of drug-likeness (QED) is 0.853. The number of carbonyl (C=O) groups is 2. The number of benzene rings is 1. The molecular weight excluding hydrogens is 330 g/mol. The van der Waals surface area contributed by atoms with Gasteiger partial charge in [-0.3, -0.25) is 9.59 Å². The molecule has 0 aliphatic carbocycles. The van der Waals surface area contributed by atoms with Gasteiger partial charge in [-0.1, -0.05) is 6.07 Å². The summed E-state index contributed by atoms with van der Waals surface area (Å²) in [6.45, 7) is 2.70. The predicted octanol–water partition coefficient (Wildman–Crippen LogP) is 2.39. The standard InChI is InChI=1S/C18H24F2N2O3/c1-13(23)22-9-3-7-18(12-22,25-2)8-6-17(24)21-11-14-4-5-15(19)10-16(14)20/h4-5,10H,3,6-9,11-12H2,1-2H3,(H,21,24)/t18-/m0/s1. The highest BCUT2D eigenvalue weighted by Gasteiger charge is 2.36. The molecule has 2 rings (SSSR count). The molecule has 1 fully saturated rings. The smallest absolute Gasteiger partial charge is 0.220 e. The molecule has 1 saturated heterocycles. The minimum absolute atomic E-state index is 0.00244. The van der Waals surface area contributed by atoms with Gasteiger partial charge >= 0.3 is 0 Å². The summed E-state index contributed by atoms with van der Waals surface area (Å²) in [5, 5.41) is 2.64. The number of hydrogen-bond acceptors (Lipinski definition) is 3. The lowest BCUT2D eigenvalue weighted by Crippen LogP contribution is -2.51. The Morgan fingerprint density at radius 2 is 2.12 bits per heavy atom. The average molecular weight is 354 g/mol. The molecule has 0 saturated carbocycles. The first-order chi connectivity index (χ1) is 11.8. The molecule has 1 atom stereocenters. The Balaban J connectivity index is 1.86. The number of ether oxygens (including phenoxy) is 1. The first-order valence-corrected chi connectivity index (χ1v) is 8.36. The molecule has 0 radical (unpaired) electrons. The molecule has 1 heterocycles. The van der Waals surface area contributed by atoms with Gasteiger partial charge in [-0.25, -0.2) is 8.78 Å². The maximum Gasteiger partial charge on any atom is 0.220 e. The van der Waals surface area contributed by atoms with E-state index in [1.807, 2.05) is 0 Å². The lowest BCUT2D eigenvalue weighted by atomic mass is 9.87. The first-order valence-electron chi connectivity index (χ1n) is 8.36.